The Morgan fingerprint density at radius 3 is 3.12 bits per heavy atom. The number of aliphatic imine (C=N–C) groups is 1. The SMILES string of the molecule is CC1(CNC2=NCC(C3CC3)S2)CCCO1. The summed E-state index contributed by atoms with van der Waals surface area (Å²) >= 11 is 1.95. The standard InChI is InChI=1S/C12H20N2OS/c1-12(5-2-6-15-12)8-14-11-13-7-10(16-11)9-3-4-9/h9-10H,2-8H2,1H3,(H,13,14). The second-order valence-electron chi connectivity index (χ2n) is 5.40. The molecular formula is C12H20N2OS. The number of amidine groups is 1. The molecule has 0 aromatic rings. The summed E-state index contributed by atoms with van der Waals surface area (Å²) < 4.78 is 5.76. The summed E-state index contributed by atoms with van der Waals surface area (Å²) in [6, 6.07) is 0. The van der Waals surface area contributed by atoms with Gasteiger partial charge in [-0.1, -0.05) is 11.8 Å². The Labute approximate surface area is 101 Å². The van der Waals surface area contributed by atoms with Crippen molar-refractivity contribution in [1.29, 1.82) is 0 Å². The molecule has 0 spiro atoms. The third-order valence-electron chi connectivity index (χ3n) is 3.74. The van der Waals surface area contributed by atoms with Crippen LogP contribution in [-0.2, 0) is 4.74 Å². The lowest BCUT2D eigenvalue weighted by atomic mass is 10.0. The summed E-state index contributed by atoms with van der Waals surface area (Å²) in [5.74, 6) is 0.950. The predicted octanol–water partition coefficient (Wildman–Crippen LogP) is 2.03. The normalized spacial score (nSPS) is 38.8. The highest BCUT2D eigenvalue weighted by atomic mass is 32.2. The van der Waals surface area contributed by atoms with Crippen LogP contribution in [0.4, 0.5) is 0 Å². The van der Waals surface area contributed by atoms with Gasteiger partial charge in [-0.05, 0) is 38.5 Å². The molecule has 0 bridgehead atoms. The van der Waals surface area contributed by atoms with Crippen molar-refractivity contribution in [1.82, 2.24) is 5.32 Å². The maximum absolute atomic E-state index is 5.76. The van der Waals surface area contributed by atoms with Crippen LogP contribution in [0.3, 0.4) is 0 Å². The third kappa shape index (κ3) is 2.38. The van der Waals surface area contributed by atoms with Crippen molar-refractivity contribution in [3.05, 3.63) is 0 Å². The fraction of sp³-hybridized carbons (Fsp3) is 0.917. The number of ether oxygens (including phenoxy) is 1. The Hall–Kier alpha value is -0.220. The quantitative estimate of drug-likeness (QED) is 0.819. The average molecular weight is 240 g/mol. The summed E-state index contributed by atoms with van der Waals surface area (Å²) in [7, 11) is 0. The largest absolute Gasteiger partial charge is 0.373 e. The second kappa shape index (κ2) is 4.22. The van der Waals surface area contributed by atoms with Crippen molar-refractivity contribution in [2.75, 3.05) is 19.7 Å². The second-order valence-corrected chi connectivity index (χ2v) is 6.62. The first-order chi connectivity index (χ1) is 7.75. The fourth-order valence-electron chi connectivity index (χ4n) is 2.44. The highest BCUT2D eigenvalue weighted by molar-refractivity contribution is 8.14. The molecule has 16 heavy (non-hydrogen) atoms. The van der Waals surface area contributed by atoms with Crippen molar-refractivity contribution in [3.8, 4) is 0 Å². The maximum Gasteiger partial charge on any atom is 0.157 e. The van der Waals surface area contributed by atoms with Gasteiger partial charge in [0, 0.05) is 18.4 Å². The Bertz CT molecular complexity index is 295. The van der Waals surface area contributed by atoms with E-state index < -0.39 is 0 Å². The van der Waals surface area contributed by atoms with Crippen LogP contribution in [0.5, 0.6) is 0 Å². The molecule has 1 saturated heterocycles. The molecule has 2 heterocycles. The number of nitrogens with zero attached hydrogens (tertiary/aromatic N) is 1. The molecule has 0 amide bonds. The molecule has 1 N–H and O–H groups in total. The minimum atomic E-state index is 0.0424. The third-order valence-corrected chi connectivity index (χ3v) is 5.07. The number of hydrogen-bond donors (Lipinski definition) is 1. The zero-order valence-electron chi connectivity index (χ0n) is 9.87. The monoisotopic (exact) mass is 240 g/mol. The van der Waals surface area contributed by atoms with E-state index in [-0.39, 0.29) is 5.60 Å². The molecule has 4 heteroatoms. The Kier molecular flexibility index (Phi) is 2.88. The molecule has 2 atom stereocenters. The van der Waals surface area contributed by atoms with Gasteiger partial charge in [0.05, 0.1) is 12.1 Å². The van der Waals surface area contributed by atoms with E-state index in [4.69, 9.17) is 4.74 Å². The Morgan fingerprint density at radius 2 is 2.44 bits per heavy atom. The summed E-state index contributed by atoms with van der Waals surface area (Å²) in [6.07, 6.45) is 5.20. The van der Waals surface area contributed by atoms with E-state index in [2.05, 4.69) is 17.2 Å². The van der Waals surface area contributed by atoms with Gasteiger partial charge < -0.3 is 10.1 Å². The van der Waals surface area contributed by atoms with E-state index in [1.54, 1.807) is 0 Å². The van der Waals surface area contributed by atoms with Crippen LogP contribution in [0.15, 0.2) is 4.99 Å². The van der Waals surface area contributed by atoms with E-state index >= 15 is 0 Å². The van der Waals surface area contributed by atoms with Crippen molar-refractivity contribution >= 4 is 16.9 Å². The predicted molar refractivity (Wildman–Crippen MR) is 68.0 cm³/mol. The molecule has 90 valence electrons. The first-order valence-corrected chi connectivity index (χ1v) is 7.22. The summed E-state index contributed by atoms with van der Waals surface area (Å²) in [5.41, 5.74) is 0.0424. The van der Waals surface area contributed by atoms with Crippen LogP contribution < -0.4 is 5.32 Å². The molecule has 0 aromatic heterocycles. The minimum absolute atomic E-state index is 0.0424. The molecule has 3 rings (SSSR count). The molecule has 1 aliphatic carbocycles. The topological polar surface area (TPSA) is 33.6 Å². The minimum Gasteiger partial charge on any atom is -0.373 e. The van der Waals surface area contributed by atoms with Crippen LogP contribution in [-0.4, -0.2) is 35.7 Å². The molecule has 3 nitrogen and oxygen atoms in total. The zero-order chi connectivity index (χ0) is 11.0. The average Bonchev–Trinajstić information content (AvgIpc) is 2.87. The lowest BCUT2D eigenvalue weighted by Crippen LogP contribution is -2.38. The van der Waals surface area contributed by atoms with Crippen LogP contribution in [0.1, 0.15) is 32.6 Å². The van der Waals surface area contributed by atoms with Gasteiger partial charge in [0.25, 0.3) is 0 Å². The van der Waals surface area contributed by atoms with Gasteiger partial charge in [0.15, 0.2) is 5.17 Å². The van der Waals surface area contributed by atoms with E-state index in [1.807, 2.05) is 11.8 Å². The van der Waals surface area contributed by atoms with Gasteiger partial charge in [0.2, 0.25) is 0 Å². The molecule has 2 unspecified atom stereocenters. The first kappa shape index (κ1) is 10.9. The van der Waals surface area contributed by atoms with Gasteiger partial charge in [-0.25, -0.2) is 0 Å². The van der Waals surface area contributed by atoms with Crippen LogP contribution in [0.25, 0.3) is 0 Å². The Balaban J connectivity index is 1.45. The van der Waals surface area contributed by atoms with E-state index in [1.165, 1.54) is 25.7 Å². The molecule has 0 aromatic carbocycles. The van der Waals surface area contributed by atoms with E-state index in [0.717, 1.165) is 36.0 Å². The van der Waals surface area contributed by atoms with Gasteiger partial charge in [0.1, 0.15) is 0 Å². The van der Waals surface area contributed by atoms with Crippen LogP contribution >= 0.6 is 11.8 Å². The Morgan fingerprint density at radius 1 is 1.56 bits per heavy atom. The van der Waals surface area contributed by atoms with Crippen molar-refractivity contribution in [3.63, 3.8) is 0 Å². The van der Waals surface area contributed by atoms with Gasteiger partial charge >= 0.3 is 0 Å². The first-order valence-electron chi connectivity index (χ1n) is 6.34. The smallest absolute Gasteiger partial charge is 0.157 e. The van der Waals surface area contributed by atoms with Crippen molar-refractivity contribution in [2.24, 2.45) is 10.9 Å². The number of hydrogen-bond acceptors (Lipinski definition) is 4. The van der Waals surface area contributed by atoms with Crippen molar-refractivity contribution < 1.29 is 4.74 Å². The summed E-state index contributed by atoms with van der Waals surface area (Å²) in [5, 5.41) is 5.38. The lowest BCUT2D eigenvalue weighted by molar-refractivity contribution is 0.0246. The van der Waals surface area contributed by atoms with Gasteiger partial charge in [-0.3, -0.25) is 4.99 Å². The van der Waals surface area contributed by atoms with Crippen LogP contribution in [0.2, 0.25) is 0 Å². The zero-order valence-corrected chi connectivity index (χ0v) is 10.7. The van der Waals surface area contributed by atoms with Crippen molar-refractivity contribution in [2.45, 2.75) is 43.5 Å². The van der Waals surface area contributed by atoms with Crippen LogP contribution in [0, 0.1) is 5.92 Å². The molecule has 2 fully saturated rings. The molecule has 3 aliphatic rings. The fourth-order valence-corrected chi connectivity index (χ4v) is 3.65. The summed E-state index contributed by atoms with van der Waals surface area (Å²) in [4.78, 5) is 4.58. The van der Waals surface area contributed by atoms with Gasteiger partial charge in [-0.2, -0.15) is 0 Å². The van der Waals surface area contributed by atoms with E-state index in [0.29, 0.717) is 0 Å². The summed E-state index contributed by atoms with van der Waals surface area (Å²) in [6.45, 7) is 5.06. The number of nitrogens with one attached hydrogen (secondary N) is 1. The van der Waals surface area contributed by atoms with Gasteiger partial charge in [-0.15, -0.1) is 0 Å². The molecule has 1 saturated carbocycles. The highest BCUT2D eigenvalue weighted by Gasteiger charge is 2.36. The highest BCUT2D eigenvalue weighted by Crippen LogP contribution is 2.41. The number of rotatable bonds is 3. The molecular weight excluding hydrogens is 220 g/mol. The number of thioether (sulfide) groups is 1. The molecule has 0 radical (unpaired) electrons. The maximum atomic E-state index is 5.76. The molecule has 2 aliphatic heterocycles. The van der Waals surface area contributed by atoms with E-state index in [9.17, 15) is 0 Å². The lowest BCUT2D eigenvalue weighted by Gasteiger charge is -2.23.